The van der Waals surface area contributed by atoms with Crippen LogP contribution >= 0.6 is 22.7 Å². The second kappa shape index (κ2) is 10.4. The molecule has 2 aromatic heterocycles. The van der Waals surface area contributed by atoms with Gasteiger partial charge in [0.2, 0.25) is 0 Å². The Kier molecular flexibility index (Phi) is 8.48. The molecule has 0 saturated carbocycles. The van der Waals surface area contributed by atoms with Crippen molar-refractivity contribution in [2.45, 2.75) is 13.0 Å². The van der Waals surface area contributed by atoms with Gasteiger partial charge in [-0.1, -0.05) is 0 Å². The molecule has 0 aromatic carbocycles. The van der Waals surface area contributed by atoms with Crippen LogP contribution in [0.4, 0.5) is 0 Å². The molecule has 5 nitrogen and oxygen atoms in total. The van der Waals surface area contributed by atoms with Crippen LogP contribution in [0.3, 0.4) is 0 Å². The van der Waals surface area contributed by atoms with E-state index in [0.29, 0.717) is 6.54 Å². The summed E-state index contributed by atoms with van der Waals surface area (Å²) in [5.74, 6) is 0.128. The molecule has 0 aliphatic heterocycles. The van der Waals surface area contributed by atoms with Gasteiger partial charge in [0.25, 0.3) is 0 Å². The van der Waals surface area contributed by atoms with Crippen molar-refractivity contribution >= 4 is 28.6 Å². The fraction of sp³-hybridized carbons (Fsp3) is 0.400. The Labute approximate surface area is 155 Å². The molecule has 8 heteroatoms. The summed E-state index contributed by atoms with van der Waals surface area (Å²) in [4.78, 5) is 16.7. The molecule has 2 aromatic rings. The third-order valence-electron chi connectivity index (χ3n) is 3.26. The molecule has 0 spiro atoms. The van der Waals surface area contributed by atoms with Crippen molar-refractivity contribution in [3.8, 4) is 0 Å². The summed E-state index contributed by atoms with van der Waals surface area (Å²) >= 11 is 3.09. The third kappa shape index (κ3) is 6.12. The van der Waals surface area contributed by atoms with Gasteiger partial charge >= 0.3 is 156 Å². The van der Waals surface area contributed by atoms with Gasteiger partial charge < -0.3 is 0 Å². The molecule has 2 rings (SSSR count). The number of hydrogen-bond acceptors (Lipinski definition) is 5. The number of rotatable bonds is 10. The normalized spacial score (nSPS) is 11.3. The first-order valence-electron chi connectivity index (χ1n) is 7.43. The molecule has 0 unspecified atom stereocenters. The average Bonchev–Trinajstić information content (AvgIpc) is 3.25. The van der Waals surface area contributed by atoms with Gasteiger partial charge in [0, 0.05) is 0 Å². The van der Waals surface area contributed by atoms with Crippen LogP contribution in [0.15, 0.2) is 35.0 Å². The van der Waals surface area contributed by atoms with Gasteiger partial charge in [-0.2, -0.15) is 0 Å². The monoisotopic (exact) mass is 466 g/mol. The van der Waals surface area contributed by atoms with Crippen molar-refractivity contribution in [2.75, 3.05) is 24.3 Å². The van der Waals surface area contributed by atoms with Gasteiger partial charge in [-0.25, -0.2) is 0 Å². The Hall–Kier alpha value is -0.520. The third-order valence-corrected chi connectivity index (χ3v) is 7.30. The van der Waals surface area contributed by atoms with Crippen molar-refractivity contribution in [1.29, 1.82) is 0 Å². The number of quaternary nitrogens is 1. The number of nitrogens with zero attached hydrogens (tertiary/aromatic N) is 2. The Morgan fingerprint density at radius 3 is 2.61 bits per heavy atom. The maximum absolute atomic E-state index is 12.7. The van der Waals surface area contributed by atoms with E-state index in [-0.39, 0.29) is 27.4 Å². The minimum atomic E-state index is -0.115. The molecule has 23 heavy (non-hydrogen) atoms. The van der Waals surface area contributed by atoms with Crippen LogP contribution in [0.2, 0.25) is 0 Å². The molecule has 0 aliphatic carbocycles. The Bertz CT molecular complexity index is 562. The molecule has 1 amide bonds. The van der Waals surface area contributed by atoms with Gasteiger partial charge in [-0.3, -0.25) is 0 Å². The number of thiophene rings is 2. The van der Waals surface area contributed by atoms with Crippen LogP contribution in [-0.2, 0) is 6.54 Å². The summed E-state index contributed by atoms with van der Waals surface area (Å²) in [6, 6.07) is 7.94. The molecule has 0 aliphatic rings. The molecule has 5 N–H and O–H groups in total. The van der Waals surface area contributed by atoms with Gasteiger partial charge in [-0.05, 0) is 0 Å². The Morgan fingerprint density at radius 2 is 2.00 bits per heavy atom. The first-order valence-corrected chi connectivity index (χ1v) is 11.7. The molecule has 0 bridgehead atoms. The molecule has 0 fully saturated rings. The van der Waals surface area contributed by atoms with E-state index in [2.05, 4.69) is 20.3 Å². The zero-order valence-electron chi connectivity index (χ0n) is 13.0. The second-order valence-electron chi connectivity index (χ2n) is 4.82. The fourth-order valence-electron chi connectivity index (χ4n) is 2.16. The molecular weight excluding hydrogens is 443 g/mol. The van der Waals surface area contributed by atoms with Crippen molar-refractivity contribution in [3.05, 3.63) is 44.8 Å². The standard InChI is InChI=1S/C15H22IN4OS2/c17-11-16-20(12-18)7-3-6-19(10-13-4-1-8-22-13)15(21)14-5-2-9-23-14/h1-2,4-5,8-9H,3,6-7,10-12,17-18H2/q-1/p+1. The van der Waals surface area contributed by atoms with Crippen LogP contribution in [0.25, 0.3) is 0 Å². The van der Waals surface area contributed by atoms with E-state index < -0.39 is 0 Å². The summed E-state index contributed by atoms with van der Waals surface area (Å²) < 4.78 is 3.08. The summed E-state index contributed by atoms with van der Waals surface area (Å²) in [7, 11) is 0. The fourth-order valence-corrected chi connectivity index (χ4v) is 5.15. The van der Waals surface area contributed by atoms with Crippen LogP contribution < -0.4 is 32.9 Å². The van der Waals surface area contributed by atoms with E-state index in [1.165, 1.54) is 16.2 Å². The average molecular weight is 466 g/mol. The molecule has 128 valence electrons. The zero-order valence-corrected chi connectivity index (χ0v) is 16.8. The zero-order chi connectivity index (χ0) is 16.5. The van der Waals surface area contributed by atoms with E-state index >= 15 is 0 Å². The number of amides is 1. The van der Waals surface area contributed by atoms with Gasteiger partial charge in [-0.15, -0.1) is 0 Å². The van der Waals surface area contributed by atoms with Crippen LogP contribution in [0, 0.1) is 0 Å². The van der Waals surface area contributed by atoms with E-state index in [4.69, 9.17) is 5.73 Å². The second-order valence-corrected chi connectivity index (χ2v) is 9.73. The van der Waals surface area contributed by atoms with E-state index in [0.717, 1.165) is 35.6 Å². The minimum absolute atomic E-state index is 0.115. The van der Waals surface area contributed by atoms with Crippen molar-refractivity contribution in [2.24, 2.45) is 5.73 Å². The Balaban J connectivity index is 1.94. The SMILES string of the molecule is NC[I-]N(C[NH3+])CCCN(Cc1cccs1)C(=O)c1cccs1. The first kappa shape index (κ1) is 18.8. The Morgan fingerprint density at radius 1 is 1.22 bits per heavy atom. The van der Waals surface area contributed by atoms with Gasteiger partial charge in [0.15, 0.2) is 0 Å². The van der Waals surface area contributed by atoms with E-state index in [9.17, 15) is 4.79 Å². The predicted molar refractivity (Wildman–Crippen MR) is 91.5 cm³/mol. The topological polar surface area (TPSA) is 77.2 Å². The van der Waals surface area contributed by atoms with Crippen molar-refractivity contribution in [1.82, 2.24) is 8.01 Å². The van der Waals surface area contributed by atoms with E-state index in [1.54, 1.807) is 11.3 Å². The summed E-state index contributed by atoms with van der Waals surface area (Å²) in [6.07, 6.45) is 0.956. The van der Waals surface area contributed by atoms with E-state index in [1.807, 2.05) is 28.5 Å². The number of carbonyl (C=O) groups excluding carboxylic acids is 1. The summed E-state index contributed by atoms with van der Waals surface area (Å²) in [6.45, 7) is 3.21. The van der Waals surface area contributed by atoms with Crippen molar-refractivity contribution in [3.63, 3.8) is 0 Å². The number of halogens is 1. The molecule has 0 atom stereocenters. The quantitative estimate of drug-likeness (QED) is 0.144. The van der Waals surface area contributed by atoms with Crippen LogP contribution in [-0.4, -0.2) is 38.2 Å². The number of nitrogens with two attached hydrogens (primary N) is 1. The van der Waals surface area contributed by atoms with Gasteiger partial charge in [0.05, 0.1) is 0 Å². The number of alkyl halides is 1. The summed E-state index contributed by atoms with van der Waals surface area (Å²) in [5, 5.41) is 4.01. The van der Waals surface area contributed by atoms with Crippen LogP contribution in [0.5, 0.6) is 0 Å². The molecular formula is C15H23IN4OS2. The predicted octanol–water partition coefficient (Wildman–Crippen LogP) is -1.74. The molecule has 0 radical (unpaired) electrons. The van der Waals surface area contributed by atoms with Crippen LogP contribution in [0.1, 0.15) is 21.0 Å². The number of carbonyl (C=O) groups is 1. The van der Waals surface area contributed by atoms with Gasteiger partial charge in [0.1, 0.15) is 0 Å². The molecule has 2 heterocycles. The number of hydrogen-bond donors (Lipinski definition) is 2. The first-order chi connectivity index (χ1) is 11.2. The summed E-state index contributed by atoms with van der Waals surface area (Å²) in [5.41, 5.74) is 9.62. The van der Waals surface area contributed by atoms with Crippen molar-refractivity contribution < 1.29 is 32.0 Å². The molecule has 0 saturated heterocycles. The maximum atomic E-state index is 12.7.